The van der Waals surface area contributed by atoms with Crippen molar-refractivity contribution in [2.75, 3.05) is 13.7 Å². The normalized spacial score (nSPS) is 10.8. The van der Waals surface area contributed by atoms with E-state index in [0.717, 1.165) is 12.8 Å². The summed E-state index contributed by atoms with van der Waals surface area (Å²) in [6.07, 6.45) is 12.8. The van der Waals surface area contributed by atoms with E-state index in [1.807, 2.05) is 6.07 Å². The first kappa shape index (κ1) is 18.3. The van der Waals surface area contributed by atoms with Crippen LogP contribution in [-0.4, -0.2) is 19.7 Å². The number of carbonyl (C=O) groups excluding carboxylic acids is 1. The average molecular weight is 304 g/mol. The van der Waals surface area contributed by atoms with Crippen molar-refractivity contribution in [1.29, 1.82) is 0 Å². The van der Waals surface area contributed by atoms with Crippen molar-refractivity contribution in [2.24, 2.45) is 0 Å². The molecule has 0 N–H and O–H groups in total. The van der Waals surface area contributed by atoms with Crippen molar-refractivity contribution in [1.82, 2.24) is 0 Å². The quantitative estimate of drug-likeness (QED) is 0.322. The molecule has 22 heavy (non-hydrogen) atoms. The zero-order valence-electron chi connectivity index (χ0n) is 13.8. The number of allylic oxidation sites excluding steroid dienone is 2. The lowest BCUT2D eigenvalue weighted by Crippen LogP contribution is -2.06. The Bertz CT molecular complexity index is 452. The second kappa shape index (κ2) is 11.8. The molecule has 1 aromatic rings. The second-order valence-corrected chi connectivity index (χ2v) is 5.30. The molecule has 1 aromatic carbocycles. The van der Waals surface area contributed by atoms with Crippen LogP contribution in [0, 0.1) is 0 Å². The van der Waals surface area contributed by atoms with E-state index < -0.39 is 0 Å². The lowest BCUT2D eigenvalue weighted by atomic mass is 10.1. The summed E-state index contributed by atoms with van der Waals surface area (Å²) in [4.78, 5) is 11.6. The van der Waals surface area contributed by atoms with Crippen LogP contribution in [0.5, 0.6) is 5.75 Å². The van der Waals surface area contributed by atoms with Gasteiger partial charge in [0.2, 0.25) is 0 Å². The summed E-state index contributed by atoms with van der Waals surface area (Å²) >= 11 is 0. The van der Waals surface area contributed by atoms with E-state index in [0.29, 0.717) is 17.9 Å². The zero-order chi connectivity index (χ0) is 16.0. The molecule has 0 atom stereocenters. The van der Waals surface area contributed by atoms with Gasteiger partial charge in [0.05, 0.1) is 13.7 Å². The van der Waals surface area contributed by atoms with Crippen LogP contribution >= 0.6 is 0 Å². The number of ether oxygens (including phenoxy) is 2. The Kier molecular flexibility index (Phi) is 9.84. The van der Waals surface area contributed by atoms with Gasteiger partial charge < -0.3 is 9.47 Å². The molecule has 0 aliphatic rings. The number of hydrogen-bond acceptors (Lipinski definition) is 3. The monoisotopic (exact) mass is 304 g/mol. The van der Waals surface area contributed by atoms with E-state index in [2.05, 4.69) is 19.1 Å². The average Bonchev–Trinajstić information content (AvgIpc) is 2.56. The molecular weight excluding hydrogens is 276 g/mol. The van der Waals surface area contributed by atoms with E-state index in [1.54, 1.807) is 18.2 Å². The minimum Gasteiger partial charge on any atom is -0.493 e. The number of hydrogen-bond donors (Lipinski definition) is 0. The van der Waals surface area contributed by atoms with Gasteiger partial charge in [-0.3, -0.25) is 0 Å². The highest BCUT2D eigenvalue weighted by molar-refractivity contribution is 5.92. The first-order chi connectivity index (χ1) is 10.8. The van der Waals surface area contributed by atoms with E-state index in [1.165, 1.54) is 39.2 Å². The summed E-state index contributed by atoms with van der Waals surface area (Å²) < 4.78 is 10.4. The topological polar surface area (TPSA) is 35.5 Å². The molecule has 3 heteroatoms. The Morgan fingerprint density at radius 1 is 1.05 bits per heavy atom. The zero-order valence-corrected chi connectivity index (χ0v) is 13.8. The van der Waals surface area contributed by atoms with Gasteiger partial charge in [0, 0.05) is 0 Å². The van der Waals surface area contributed by atoms with E-state index in [9.17, 15) is 4.79 Å². The van der Waals surface area contributed by atoms with E-state index in [4.69, 9.17) is 9.47 Å². The van der Waals surface area contributed by atoms with Gasteiger partial charge in [-0.2, -0.15) is 0 Å². The second-order valence-electron chi connectivity index (χ2n) is 5.30. The Morgan fingerprint density at radius 2 is 1.77 bits per heavy atom. The largest absolute Gasteiger partial charge is 0.493 e. The Balaban J connectivity index is 2.20. The van der Waals surface area contributed by atoms with Crippen molar-refractivity contribution in [3.05, 3.63) is 42.0 Å². The van der Waals surface area contributed by atoms with Crippen LogP contribution in [0.15, 0.2) is 36.4 Å². The molecule has 0 aliphatic heterocycles. The summed E-state index contributed by atoms with van der Waals surface area (Å²) in [5, 5.41) is 0. The van der Waals surface area contributed by atoms with Crippen LogP contribution in [0.4, 0.5) is 0 Å². The molecule has 0 amide bonds. The van der Waals surface area contributed by atoms with Crippen molar-refractivity contribution >= 4 is 5.97 Å². The standard InChI is InChI=1S/C19H28O3/c1-3-4-5-6-7-8-9-10-13-16-22-18-15-12-11-14-17(18)19(20)21-2/h8-9,11-12,14-15H,3-7,10,13,16H2,1-2H3/b9-8-. The maximum Gasteiger partial charge on any atom is 0.341 e. The van der Waals surface area contributed by atoms with Crippen molar-refractivity contribution < 1.29 is 14.3 Å². The van der Waals surface area contributed by atoms with Crippen molar-refractivity contribution in [2.45, 2.75) is 51.9 Å². The van der Waals surface area contributed by atoms with Crippen molar-refractivity contribution in [3.8, 4) is 5.75 Å². The van der Waals surface area contributed by atoms with Gasteiger partial charge >= 0.3 is 5.97 Å². The number of benzene rings is 1. The molecule has 0 aliphatic carbocycles. The minimum atomic E-state index is -0.359. The molecule has 0 spiro atoms. The molecule has 0 heterocycles. The number of esters is 1. The molecule has 122 valence electrons. The third-order valence-corrected chi connectivity index (χ3v) is 3.46. The maximum absolute atomic E-state index is 11.6. The van der Waals surface area contributed by atoms with Gasteiger partial charge in [-0.25, -0.2) is 4.79 Å². The highest BCUT2D eigenvalue weighted by Crippen LogP contribution is 2.19. The predicted molar refractivity (Wildman–Crippen MR) is 90.4 cm³/mol. The molecule has 0 saturated heterocycles. The fourth-order valence-corrected chi connectivity index (χ4v) is 2.18. The summed E-state index contributed by atoms with van der Waals surface area (Å²) in [5.41, 5.74) is 0.483. The molecule has 1 rings (SSSR count). The fourth-order valence-electron chi connectivity index (χ4n) is 2.18. The number of unbranched alkanes of at least 4 members (excludes halogenated alkanes) is 5. The molecule has 3 nitrogen and oxygen atoms in total. The highest BCUT2D eigenvalue weighted by atomic mass is 16.5. The number of methoxy groups -OCH3 is 1. The minimum absolute atomic E-state index is 0.359. The van der Waals surface area contributed by atoms with E-state index >= 15 is 0 Å². The first-order valence-corrected chi connectivity index (χ1v) is 8.24. The Labute approximate surface area is 134 Å². The lowest BCUT2D eigenvalue weighted by molar-refractivity contribution is 0.0596. The van der Waals surface area contributed by atoms with Crippen LogP contribution in [-0.2, 0) is 4.74 Å². The van der Waals surface area contributed by atoms with E-state index in [-0.39, 0.29) is 5.97 Å². The fraction of sp³-hybridized carbons (Fsp3) is 0.526. The molecule has 0 bridgehead atoms. The Morgan fingerprint density at radius 3 is 2.50 bits per heavy atom. The van der Waals surface area contributed by atoms with Gasteiger partial charge in [0.25, 0.3) is 0 Å². The van der Waals surface area contributed by atoms with Gasteiger partial charge in [-0.1, -0.05) is 50.5 Å². The van der Waals surface area contributed by atoms with Gasteiger partial charge in [0.15, 0.2) is 0 Å². The highest BCUT2D eigenvalue weighted by Gasteiger charge is 2.11. The van der Waals surface area contributed by atoms with Crippen LogP contribution in [0.2, 0.25) is 0 Å². The Hall–Kier alpha value is -1.77. The van der Waals surface area contributed by atoms with Crippen LogP contribution in [0.1, 0.15) is 62.2 Å². The molecule has 0 radical (unpaired) electrons. The lowest BCUT2D eigenvalue weighted by Gasteiger charge is -2.09. The molecular formula is C19H28O3. The summed E-state index contributed by atoms with van der Waals surface area (Å²) in [5.74, 6) is 0.237. The number of para-hydroxylation sites is 1. The number of carbonyl (C=O) groups is 1. The summed E-state index contributed by atoms with van der Waals surface area (Å²) in [7, 11) is 1.38. The van der Waals surface area contributed by atoms with Crippen molar-refractivity contribution in [3.63, 3.8) is 0 Å². The number of rotatable bonds is 11. The van der Waals surface area contributed by atoms with Crippen LogP contribution in [0.25, 0.3) is 0 Å². The first-order valence-electron chi connectivity index (χ1n) is 8.24. The third-order valence-electron chi connectivity index (χ3n) is 3.46. The maximum atomic E-state index is 11.6. The molecule has 0 unspecified atom stereocenters. The predicted octanol–water partition coefficient (Wildman–Crippen LogP) is 5.16. The summed E-state index contributed by atoms with van der Waals surface area (Å²) in [6, 6.07) is 7.19. The van der Waals surface area contributed by atoms with Crippen LogP contribution < -0.4 is 4.74 Å². The smallest absolute Gasteiger partial charge is 0.341 e. The van der Waals surface area contributed by atoms with Crippen LogP contribution in [0.3, 0.4) is 0 Å². The van der Waals surface area contributed by atoms with Gasteiger partial charge in [0.1, 0.15) is 11.3 Å². The van der Waals surface area contributed by atoms with Gasteiger partial charge in [-0.05, 0) is 37.8 Å². The third kappa shape index (κ3) is 7.30. The summed E-state index contributed by atoms with van der Waals surface area (Å²) in [6.45, 7) is 2.84. The van der Waals surface area contributed by atoms with Gasteiger partial charge in [-0.15, -0.1) is 0 Å². The SMILES string of the molecule is CCCCCC/C=C\CCCOc1ccccc1C(=O)OC. The molecule has 0 aromatic heterocycles. The molecule has 0 fully saturated rings. The molecule has 0 saturated carbocycles.